The van der Waals surface area contributed by atoms with Gasteiger partial charge in [-0.1, -0.05) is 24.3 Å². The first-order valence-electron chi connectivity index (χ1n) is 5.34. The summed E-state index contributed by atoms with van der Waals surface area (Å²) in [6.07, 6.45) is 1.61. The number of aromatic amines is 1. The summed E-state index contributed by atoms with van der Waals surface area (Å²) in [5.74, 6) is -3.42. The van der Waals surface area contributed by atoms with Crippen LogP contribution in [0, 0.1) is 0 Å². The van der Waals surface area contributed by atoms with Crippen LogP contribution < -0.4 is 4.72 Å². The molecule has 1 aromatic heterocycles. The maximum Gasteiger partial charge on any atom is 0.350 e. The van der Waals surface area contributed by atoms with Gasteiger partial charge in [0, 0.05) is 12.7 Å². The number of sulfonamides is 1. The zero-order valence-electron chi connectivity index (χ0n) is 9.68. The lowest BCUT2D eigenvalue weighted by Crippen LogP contribution is -2.28. The Bertz CT molecular complexity index is 624. The van der Waals surface area contributed by atoms with Gasteiger partial charge in [0.25, 0.3) is 10.0 Å². The molecule has 1 heterocycles. The number of nitrogens with one attached hydrogen (secondary N) is 2. The average Bonchev–Trinajstić information content (AvgIpc) is 2.91. The molecule has 5 nitrogen and oxygen atoms in total. The van der Waals surface area contributed by atoms with E-state index >= 15 is 0 Å². The average molecular weight is 287 g/mol. The van der Waals surface area contributed by atoms with Gasteiger partial charge in [-0.05, 0) is 17.2 Å². The lowest BCUT2D eigenvalue weighted by Gasteiger charge is -2.06. The highest BCUT2D eigenvalue weighted by molar-refractivity contribution is 7.89. The van der Waals surface area contributed by atoms with Gasteiger partial charge in [0.1, 0.15) is 0 Å². The fourth-order valence-electron chi connectivity index (χ4n) is 1.47. The highest BCUT2D eigenvalue weighted by Crippen LogP contribution is 2.16. The maximum atomic E-state index is 12.1. The summed E-state index contributed by atoms with van der Waals surface area (Å²) < 4.78 is 47.8. The van der Waals surface area contributed by atoms with Crippen molar-refractivity contribution < 1.29 is 17.2 Å². The SMILES string of the molecule is O=S(=O)(NCc1ccc(-c2ccn[nH]2)cc1)C(F)F. The van der Waals surface area contributed by atoms with E-state index in [1.165, 1.54) is 0 Å². The third-order valence-corrected chi connectivity index (χ3v) is 3.49. The Kier molecular flexibility index (Phi) is 3.91. The quantitative estimate of drug-likeness (QED) is 0.879. The molecule has 2 aromatic rings. The number of aromatic nitrogens is 2. The predicted molar refractivity (Wildman–Crippen MR) is 65.8 cm³/mol. The van der Waals surface area contributed by atoms with E-state index in [-0.39, 0.29) is 6.54 Å². The Balaban J connectivity index is 2.04. The molecule has 0 saturated carbocycles. The highest BCUT2D eigenvalue weighted by Gasteiger charge is 2.22. The van der Waals surface area contributed by atoms with Crippen molar-refractivity contribution in [1.82, 2.24) is 14.9 Å². The molecular weight excluding hydrogens is 276 g/mol. The summed E-state index contributed by atoms with van der Waals surface area (Å²) in [4.78, 5) is 0. The smallest absolute Gasteiger partial charge is 0.278 e. The number of nitrogens with zero attached hydrogens (tertiary/aromatic N) is 1. The summed E-state index contributed by atoms with van der Waals surface area (Å²) in [7, 11) is -4.55. The molecule has 0 aliphatic carbocycles. The molecule has 0 bridgehead atoms. The first-order chi connectivity index (χ1) is 8.99. The molecule has 0 saturated heterocycles. The van der Waals surface area contributed by atoms with Crippen LogP contribution >= 0.6 is 0 Å². The molecule has 102 valence electrons. The van der Waals surface area contributed by atoms with E-state index in [4.69, 9.17) is 0 Å². The van der Waals surface area contributed by atoms with Gasteiger partial charge in [-0.3, -0.25) is 5.10 Å². The van der Waals surface area contributed by atoms with Crippen LogP contribution in [0.1, 0.15) is 5.56 Å². The number of benzene rings is 1. The molecule has 0 atom stereocenters. The number of hydrogen-bond donors (Lipinski definition) is 2. The molecule has 0 amide bonds. The molecule has 0 fully saturated rings. The number of rotatable bonds is 5. The lowest BCUT2D eigenvalue weighted by molar-refractivity contribution is 0.232. The van der Waals surface area contributed by atoms with E-state index in [1.807, 2.05) is 4.72 Å². The third kappa shape index (κ3) is 3.36. The summed E-state index contributed by atoms with van der Waals surface area (Å²) in [5.41, 5.74) is 2.28. The van der Waals surface area contributed by atoms with Crippen molar-refractivity contribution >= 4 is 10.0 Å². The molecule has 0 unspecified atom stereocenters. The van der Waals surface area contributed by atoms with Crippen molar-refractivity contribution in [2.75, 3.05) is 0 Å². The molecule has 0 aliphatic rings. The maximum absolute atomic E-state index is 12.1. The second-order valence-corrected chi connectivity index (χ2v) is 5.53. The van der Waals surface area contributed by atoms with E-state index in [2.05, 4.69) is 10.2 Å². The van der Waals surface area contributed by atoms with E-state index in [9.17, 15) is 17.2 Å². The van der Waals surface area contributed by atoms with Crippen molar-refractivity contribution in [3.05, 3.63) is 42.1 Å². The highest BCUT2D eigenvalue weighted by atomic mass is 32.2. The summed E-state index contributed by atoms with van der Waals surface area (Å²) in [6, 6.07) is 8.60. The van der Waals surface area contributed by atoms with Crippen LogP contribution in [-0.2, 0) is 16.6 Å². The lowest BCUT2D eigenvalue weighted by atomic mass is 10.1. The topological polar surface area (TPSA) is 74.8 Å². The Hall–Kier alpha value is -1.80. The van der Waals surface area contributed by atoms with Gasteiger partial charge in [-0.2, -0.15) is 13.9 Å². The van der Waals surface area contributed by atoms with Crippen LogP contribution in [0.15, 0.2) is 36.5 Å². The summed E-state index contributed by atoms with van der Waals surface area (Å²) in [5, 5.41) is 6.59. The number of halogens is 2. The second-order valence-electron chi connectivity index (χ2n) is 3.79. The van der Waals surface area contributed by atoms with Gasteiger partial charge < -0.3 is 0 Å². The first kappa shape index (κ1) is 13.6. The standard InChI is InChI=1S/C11H11F2N3O2S/c12-11(13)19(17,18)15-7-8-1-3-9(4-2-8)10-5-6-14-16-10/h1-6,11,15H,7H2,(H,14,16). The van der Waals surface area contributed by atoms with Crippen LogP contribution in [0.3, 0.4) is 0 Å². The van der Waals surface area contributed by atoms with Crippen LogP contribution in [0.2, 0.25) is 0 Å². The Morgan fingerprint density at radius 3 is 2.42 bits per heavy atom. The van der Waals surface area contributed by atoms with Gasteiger partial charge >= 0.3 is 5.76 Å². The number of H-pyrrole nitrogens is 1. The molecular formula is C11H11F2N3O2S. The zero-order valence-corrected chi connectivity index (χ0v) is 10.5. The minimum Gasteiger partial charge on any atom is -0.278 e. The van der Waals surface area contributed by atoms with Crippen LogP contribution in [0.4, 0.5) is 8.78 Å². The van der Waals surface area contributed by atoms with Gasteiger partial charge in [-0.15, -0.1) is 0 Å². The Morgan fingerprint density at radius 2 is 1.89 bits per heavy atom. The molecule has 0 spiro atoms. The fraction of sp³-hybridized carbons (Fsp3) is 0.182. The van der Waals surface area contributed by atoms with Crippen LogP contribution in [-0.4, -0.2) is 24.4 Å². The van der Waals surface area contributed by atoms with Gasteiger partial charge in [0.15, 0.2) is 0 Å². The molecule has 8 heteroatoms. The van der Waals surface area contributed by atoms with E-state index in [0.717, 1.165) is 11.3 Å². The van der Waals surface area contributed by atoms with E-state index < -0.39 is 15.8 Å². The summed E-state index contributed by atoms with van der Waals surface area (Å²) >= 11 is 0. The van der Waals surface area contributed by atoms with Crippen molar-refractivity contribution in [2.24, 2.45) is 0 Å². The zero-order chi connectivity index (χ0) is 13.9. The number of alkyl halides is 2. The van der Waals surface area contributed by atoms with Crippen molar-refractivity contribution in [3.63, 3.8) is 0 Å². The summed E-state index contributed by atoms with van der Waals surface area (Å²) in [6.45, 7) is -0.171. The minimum atomic E-state index is -4.55. The van der Waals surface area contributed by atoms with E-state index in [1.54, 1.807) is 36.5 Å². The molecule has 2 N–H and O–H groups in total. The van der Waals surface area contributed by atoms with Crippen molar-refractivity contribution in [2.45, 2.75) is 12.3 Å². The minimum absolute atomic E-state index is 0.171. The molecule has 0 aliphatic heterocycles. The first-order valence-corrected chi connectivity index (χ1v) is 6.89. The third-order valence-electron chi connectivity index (χ3n) is 2.48. The normalized spacial score (nSPS) is 11.9. The van der Waals surface area contributed by atoms with Gasteiger partial charge in [-0.25, -0.2) is 13.1 Å². The van der Waals surface area contributed by atoms with Crippen LogP contribution in [0.5, 0.6) is 0 Å². The predicted octanol–water partition coefficient (Wildman–Crippen LogP) is 1.72. The van der Waals surface area contributed by atoms with Crippen molar-refractivity contribution in [3.8, 4) is 11.3 Å². The van der Waals surface area contributed by atoms with Crippen molar-refractivity contribution in [1.29, 1.82) is 0 Å². The number of hydrogen-bond acceptors (Lipinski definition) is 3. The second kappa shape index (κ2) is 5.45. The van der Waals surface area contributed by atoms with Crippen LogP contribution in [0.25, 0.3) is 11.3 Å². The van der Waals surface area contributed by atoms with E-state index in [0.29, 0.717) is 5.56 Å². The largest absolute Gasteiger partial charge is 0.350 e. The Labute approximate surface area is 108 Å². The van der Waals surface area contributed by atoms with Gasteiger partial charge in [0.05, 0.1) is 5.69 Å². The molecule has 2 rings (SSSR count). The monoisotopic (exact) mass is 287 g/mol. The Morgan fingerprint density at radius 1 is 1.21 bits per heavy atom. The molecule has 0 radical (unpaired) electrons. The fourth-order valence-corrected chi connectivity index (χ4v) is 1.96. The molecule has 1 aromatic carbocycles. The van der Waals surface area contributed by atoms with Gasteiger partial charge in [0.2, 0.25) is 0 Å². The molecule has 19 heavy (non-hydrogen) atoms.